The first-order chi connectivity index (χ1) is 67.1. The number of benzene rings is 14. The molecule has 3 heterocycles. The van der Waals surface area contributed by atoms with Crippen LogP contribution in [0.4, 0.5) is 0 Å². The normalized spacial score (nSPS) is 17.2. The molecule has 0 aliphatic rings. The van der Waals surface area contributed by atoms with E-state index in [9.17, 15) is 43.9 Å². The van der Waals surface area contributed by atoms with Crippen molar-refractivity contribution in [3.63, 3.8) is 0 Å². The second-order valence-corrected chi connectivity index (χ2v) is 33.8. The zero-order valence-electron chi connectivity index (χ0n) is 95.1. The van der Waals surface area contributed by atoms with Crippen LogP contribution in [0.15, 0.2) is 375 Å². The number of nitrogens with zero attached hydrogens (tertiary/aromatic N) is 4. The van der Waals surface area contributed by atoms with Crippen molar-refractivity contribution in [3.05, 3.63) is 393 Å². The highest BCUT2D eigenvalue weighted by molar-refractivity contribution is 7.20. The smallest absolute Gasteiger partial charge is 0.269 e. The number of imidazole rings is 1. The number of para-hydroxylation sites is 2. The van der Waals surface area contributed by atoms with E-state index in [1.165, 1.54) is 9.13 Å². The minimum Gasteiger partial charge on any atom is -0.458 e. The molecule has 0 aliphatic carbocycles. The number of pyridine rings is 1. The zero-order chi connectivity index (χ0) is 104. The molecule has 14 aromatic carbocycles. The fraction of sp³-hybridized carbons (Fsp3) is 0.0816. The van der Waals surface area contributed by atoms with Gasteiger partial charge in [-0.25, -0.2) is 4.98 Å². The van der Waals surface area contributed by atoms with Crippen molar-refractivity contribution in [1.29, 1.82) is 0 Å². The van der Waals surface area contributed by atoms with Gasteiger partial charge in [0.2, 0.25) is 0 Å². The van der Waals surface area contributed by atoms with E-state index in [0.717, 1.165) is 45.6 Å². The van der Waals surface area contributed by atoms with Gasteiger partial charge < -0.3 is 4.74 Å². The molecular weight excluding hydrogens is 1310 g/mol. The summed E-state index contributed by atoms with van der Waals surface area (Å²) in [5.41, 5.74) is 0.101. The topological polar surface area (TPSA) is 35.9 Å². The summed E-state index contributed by atoms with van der Waals surface area (Å²) in [6, 6.07) is -9.46. The Kier molecular flexibility index (Phi) is 9.38. The van der Waals surface area contributed by atoms with E-state index in [1.807, 2.05) is 98.1 Å². The fourth-order valence-electron chi connectivity index (χ4n) is 13.5. The van der Waals surface area contributed by atoms with Crippen molar-refractivity contribution in [3.8, 4) is 62.1 Å². The van der Waals surface area contributed by atoms with E-state index in [2.05, 4.69) is 27.1 Å². The molecule has 0 spiro atoms. The summed E-state index contributed by atoms with van der Waals surface area (Å²) in [6.45, 7) is 12.3. The SMILES string of the molecule is [2H]c1c([2H])c([2H])c([Si](c2c([2H])c([2H])c([2H])c([2H])c2[2H])(c2c([2H])c([2H])c([2H])c([2H])c2[2H])c2c([2H])c([2H])c([2H])c(-c3cccc(-c4c([2H])c([2H])c([2H])c([Si](c5c([2H])c([2H])c([2H])c([2H])c5[2H])(c5c([2H])c([2H])c([2H])c([2H])c5[2H])c5c([2H])c([2H])c([2H])c([2H])c5[2H])c4[2H])c3-[n+]3[c-]n(-c4cccc(Oc5ccc6c7ccccc7n(-c7cc(C(C)(C)C)ccn7)c6c5)c4)c4cc(-c5ccc(C(C)(C)C)cc5)ccc43)c2[2H])c([2H])c1[2H]. The van der Waals surface area contributed by atoms with Crippen LogP contribution in [-0.4, -0.2) is 30.3 Å². The number of ether oxygens (including phenoxy) is 1. The highest BCUT2D eigenvalue weighted by Crippen LogP contribution is 2.39. The molecule has 105 heavy (non-hydrogen) atoms. The Hall–Kier alpha value is -12.3. The summed E-state index contributed by atoms with van der Waals surface area (Å²) >= 11 is 0. The third-order valence-electron chi connectivity index (χ3n) is 18.6. The maximum Gasteiger partial charge on any atom is 0.269 e. The van der Waals surface area contributed by atoms with Gasteiger partial charge in [-0.05, 0) is 151 Å². The third kappa shape index (κ3) is 11.9. The Morgan fingerprint density at radius 3 is 1.35 bits per heavy atom. The van der Waals surface area contributed by atoms with Crippen LogP contribution < -0.4 is 50.8 Å². The Morgan fingerprint density at radius 1 is 0.371 bits per heavy atom. The molecule has 0 saturated carbocycles. The van der Waals surface area contributed by atoms with Gasteiger partial charge in [0.05, 0.1) is 85.5 Å². The van der Waals surface area contributed by atoms with Crippen LogP contribution in [0.1, 0.15) is 105 Å². The van der Waals surface area contributed by atoms with Crippen molar-refractivity contribution >= 4 is 90.5 Å². The third-order valence-corrected chi connectivity index (χ3v) is 26.6. The summed E-state index contributed by atoms with van der Waals surface area (Å²) in [5, 5.41) is -8.13. The molecule has 17 aromatic rings. The fourth-order valence-corrected chi connectivity index (χ4v) is 20.7. The maximum atomic E-state index is 11.4. The van der Waals surface area contributed by atoms with Gasteiger partial charge in [-0.1, -0.05) is 350 Å². The summed E-state index contributed by atoms with van der Waals surface area (Å²) in [7, 11) is -13.5. The van der Waals surface area contributed by atoms with Crippen LogP contribution in [0.2, 0.25) is 0 Å². The quantitative estimate of drug-likeness (QED) is 0.0418. The summed E-state index contributed by atoms with van der Waals surface area (Å²) in [5.74, 6) is 1.08. The average molecular weight is 1420 g/mol. The van der Waals surface area contributed by atoms with Crippen molar-refractivity contribution in [2.75, 3.05) is 0 Å². The van der Waals surface area contributed by atoms with E-state index >= 15 is 0 Å². The zero-order valence-corrected chi connectivity index (χ0v) is 59.1. The molecule has 17 rings (SSSR count). The molecule has 0 saturated heterocycles. The minimum absolute atomic E-state index is 0.0484. The largest absolute Gasteiger partial charge is 0.458 e. The van der Waals surface area contributed by atoms with Crippen LogP contribution in [-0.2, 0) is 10.8 Å². The van der Waals surface area contributed by atoms with Crippen molar-refractivity contribution in [2.24, 2.45) is 0 Å². The number of fused-ring (bicyclic) bond motifs is 4. The number of aromatic nitrogens is 4. The van der Waals surface area contributed by atoms with Gasteiger partial charge in [-0.15, -0.1) is 0 Å². The lowest BCUT2D eigenvalue weighted by Gasteiger charge is -2.35. The summed E-state index contributed by atoms with van der Waals surface area (Å²) in [4.78, 5) is 4.87. The minimum atomic E-state index is -6.76. The van der Waals surface area contributed by atoms with Gasteiger partial charge in [0, 0.05) is 23.0 Å². The predicted molar refractivity (Wildman–Crippen MR) is 443 cm³/mol. The predicted octanol–water partition coefficient (Wildman–Crippen LogP) is 18.3. The van der Waals surface area contributed by atoms with Gasteiger partial charge in [0.1, 0.15) is 17.3 Å². The molecule has 0 N–H and O–H groups in total. The van der Waals surface area contributed by atoms with E-state index in [-0.39, 0.29) is 33.3 Å². The second kappa shape index (κ2) is 27.2. The highest BCUT2D eigenvalue weighted by atomic mass is 28.3. The lowest BCUT2D eigenvalue weighted by molar-refractivity contribution is -0.571. The van der Waals surface area contributed by atoms with Crippen LogP contribution in [0, 0.1) is 6.33 Å². The van der Waals surface area contributed by atoms with Gasteiger partial charge in [0.15, 0.2) is 16.1 Å². The van der Waals surface area contributed by atoms with Gasteiger partial charge in [-0.2, -0.15) is 0 Å². The average Bonchev–Trinajstić information content (AvgIpc) is 1.32. The number of rotatable bonds is 16. The summed E-state index contributed by atoms with van der Waals surface area (Å²) in [6.07, 6.45) is 5.15. The standard InChI is InChI=1S/C98H80N4OSi2/c1-97(2,3)74-56-53-70(54-57-74)71-55-60-92-94(65-71)100(76-33-29-34-77(67-76)103-78-58-59-90-89-49-25-26-52-91(89)102(93(90)68-78)95-66-75(61-62-99-95)98(4,5)6)69-101(92)96-87(72-31-27-47-85(63-72)104(79-35-13-7-14-36-79,80-37-15-8-16-38-80)81-39-17-9-18-40-81)50-30-51-88(96)73-32-28-48-86(64-73)105(82-41-19-10-20-42-82,83-43-21-11-22-44-83)84-45-23-12-24-46-84/h7-68H,1-6H3/i7D,8D,9D,10D,11D,12D,13D,14D,15D,16D,17D,18D,19D,20D,21D,22D,23D,24D,27D,28D,31D,32D,35D,36D,37D,38D,39D,40D,41D,42D,43D,44D,45D,46D,47D,48D,63D,64D. The molecule has 7 heteroatoms. The van der Waals surface area contributed by atoms with Crippen molar-refractivity contribution in [1.82, 2.24) is 14.1 Å². The Bertz CT molecular complexity index is 7650. The molecule has 0 fully saturated rings. The lowest BCUT2D eigenvalue weighted by atomic mass is 9.86. The van der Waals surface area contributed by atoms with E-state index < -0.39 is 315 Å². The lowest BCUT2D eigenvalue weighted by Crippen LogP contribution is -2.74. The monoisotopic (exact) mass is 1420 g/mol. The molecule has 0 atom stereocenters. The molecule has 5 nitrogen and oxygen atoms in total. The maximum absolute atomic E-state index is 11.4. The summed E-state index contributed by atoms with van der Waals surface area (Å²) < 4.78 is 385. The Morgan fingerprint density at radius 2 is 0.838 bits per heavy atom. The van der Waals surface area contributed by atoms with E-state index in [1.54, 1.807) is 54.7 Å². The van der Waals surface area contributed by atoms with Gasteiger partial charge in [0.25, 0.3) is 6.33 Å². The van der Waals surface area contributed by atoms with Crippen molar-refractivity contribution < 1.29 is 61.4 Å². The van der Waals surface area contributed by atoms with Gasteiger partial charge in [-0.3, -0.25) is 13.7 Å². The van der Waals surface area contributed by atoms with Crippen LogP contribution in [0.25, 0.3) is 83.4 Å². The first kappa shape index (κ1) is 36.2. The molecule has 0 radical (unpaired) electrons. The molecule has 3 aromatic heterocycles. The van der Waals surface area contributed by atoms with E-state index in [4.69, 9.17) is 17.9 Å². The van der Waals surface area contributed by atoms with Crippen LogP contribution in [0.5, 0.6) is 11.5 Å². The molecule has 0 unspecified atom stereocenters. The van der Waals surface area contributed by atoms with Crippen LogP contribution in [0.3, 0.4) is 0 Å². The van der Waals surface area contributed by atoms with Crippen molar-refractivity contribution in [2.45, 2.75) is 52.4 Å². The molecule has 0 aliphatic heterocycles. The van der Waals surface area contributed by atoms with E-state index in [0.29, 0.717) is 28.2 Å². The molecule has 0 bridgehead atoms. The Balaban J connectivity index is 1.09. The first-order valence-corrected chi connectivity index (χ1v) is 37.3. The first-order valence-electron chi connectivity index (χ1n) is 52.3. The highest BCUT2D eigenvalue weighted by Gasteiger charge is 2.43. The molecule has 506 valence electrons. The Labute approximate surface area is 671 Å². The second-order valence-electron chi connectivity index (χ2n) is 26.8. The van der Waals surface area contributed by atoms with Crippen LogP contribution >= 0.6 is 0 Å². The molecular formula is C98H80N4OSi2. The number of hydrogen-bond acceptors (Lipinski definition) is 2. The van der Waals surface area contributed by atoms with Gasteiger partial charge >= 0.3 is 0 Å². The number of hydrogen-bond donors (Lipinski definition) is 0. The molecule has 0 amide bonds.